The van der Waals surface area contributed by atoms with E-state index < -0.39 is 10.9 Å². The van der Waals surface area contributed by atoms with E-state index in [0.29, 0.717) is 11.5 Å². The standard InChI is InChI=1S/C18H19NO6/c1-12-4-5-15(10-13(12)2)24-9-8-18(20)25-17-7-6-14(23-3)11-16(17)19(21)22/h4-7,10-11H,8-9H2,1-3H3. The molecule has 2 aromatic carbocycles. The maximum Gasteiger partial charge on any atom is 0.315 e. The van der Waals surface area contributed by atoms with Gasteiger partial charge in [0.05, 0.1) is 31.1 Å². The van der Waals surface area contributed by atoms with E-state index in [9.17, 15) is 14.9 Å². The molecule has 0 aliphatic rings. The summed E-state index contributed by atoms with van der Waals surface area (Å²) < 4.78 is 15.5. The second-order valence-electron chi connectivity index (χ2n) is 5.41. The average Bonchev–Trinajstić information content (AvgIpc) is 2.58. The molecule has 0 aliphatic carbocycles. The van der Waals surface area contributed by atoms with Crippen LogP contribution in [0.15, 0.2) is 36.4 Å². The minimum atomic E-state index is -0.628. The largest absolute Gasteiger partial charge is 0.496 e. The smallest absolute Gasteiger partial charge is 0.315 e. The van der Waals surface area contributed by atoms with Crippen LogP contribution in [0.25, 0.3) is 0 Å². The number of carbonyl (C=O) groups is 1. The second-order valence-corrected chi connectivity index (χ2v) is 5.41. The van der Waals surface area contributed by atoms with Crippen molar-refractivity contribution < 1.29 is 23.9 Å². The maximum atomic E-state index is 11.9. The number of aryl methyl sites for hydroxylation is 2. The monoisotopic (exact) mass is 345 g/mol. The van der Waals surface area contributed by atoms with Gasteiger partial charge in [-0.2, -0.15) is 0 Å². The fourth-order valence-corrected chi connectivity index (χ4v) is 2.08. The first-order valence-electron chi connectivity index (χ1n) is 7.64. The fourth-order valence-electron chi connectivity index (χ4n) is 2.08. The van der Waals surface area contributed by atoms with Gasteiger partial charge in [-0.05, 0) is 49.2 Å². The molecule has 0 saturated carbocycles. The molecular formula is C18H19NO6. The topological polar surface area (TPSA) is 87.9 Å². The van der Waals surface area contributed by atoms with Crippen LogP contribution in [0, 0.1) is 24.0 Å². The summed E-state index contributed by atoms with van der Waals surface area (Å²) in [6.45, 7) is 4.09. The van der Waals surface area contributed by atoms with Gasteiger partial charge in [-0.3, -0.25) is 14.9 Å². The first-order valence-corrected chi connectivity index (χ1v) is 7.64. The van der Waals surface area contributed by atoms with Crippen LogP contribution in [0.5, 0.6) is 17.2 Å². The Balaban J connectivity index is 1.94. The van der Waals surface area contributed by atoms with E-state index in [1.165, 1.54) is 25.3 Å². The Bertz CT molecular complexity index is 787. The molecule has 0 radical (unpaired) electrons. The van der Waals surface area contributed by atoms with E-state index in [1.54, 1.807) is 0 Å². The van der Waals surface area contributed by atoms with Gasteiger partial charge in [0.2, 0.25) is 5.75 Å². The maximum absolute atomic E-state index is 11.9. The highest BCUT2D eigenvalue weighted by atomic mass is 16.6. The summed E-state index contributed by atoms with van der Waals surface area (Å²) >= 11 is 0. The molecule has 0 spiro atoms. The van der Waals surface area contributed by atoms with Gasteiger partial charge in [-0.15, -0.1) is 0 Å². The number of nitrogens with zero attached hydrogens (tertiary/aromatic N) is 1. The second kappa shape index (κ2) is 8.14. The number of esters is 1. The number of nitro groups is 1. The quantitative estimate of drug-likeness (QED) is 0.330. The molecule has 0 heterocycles. The van der Waals surface area contributed by atoms with E-state index >= 15 is 0 Å². The predicted molar refractivity (Wildman–Crippen MR) is 91.3 cm³/mol. The molecule has 0 bridgehead atoms. The van der Waals surface area contributed by atoms with Crippen LogP contribution >= 0.6 is 0 Å². The van der Waals surface area contributed by atoms with Crippen LogP contribution in [-0.2, 0) is 4.79 Å². The van der Waals surface area contributed by atoms with Crippen LogP contribution in [0.4, 0.5) is 5.69 Å². The van der Waals surface area contributed by atoms with E-state index in [-0.39, 0.29) is 24.5 Å². The van der Waals surface area contributed by atoms with Crippen molar-refractivity contribution in [1.29, 1.82) is 0 Å². The summed E-state index contributed by atoms with van der Waals surface area (Å²) in [5.41, 5.74) is 1.91. The molecule has 2 rings (SSSR count). The Morgan fingerprint density at radius 2 is 1.80 bits per heavy atom. The highest BCUT2D eigenvalue weighted by molar-refractivity contribution is 5.74. The molecule has 0 fully saturated rings. The van der Waals surface area contributed by atoms with Gasteiger partial charge in [-0.25, -0.2) is 0 Å². The van der Waals surface area contributed by atoms with Crippen molar-refractivity contribution in [3.63, 3.8) is 0 Å². The summed E-state index contributed by atoms with van der Waals surface area (Å²) in [6.07, 6.45) is -0.0316. The van der Waals surface area contributed by atoms with E-state index in [4.69, 9.17) is 14.2 Å². The predicted octanol–water partition coefficient (Wildman–Crippen LogP) is 3.59. The zero-order chi connectivity index (χ0) is 18.4. The lowest BCUT2D eigenvalue weighted by atomic mass is 10.1. The summed E-state index contributed by atoms with van der Waals surface area (Å²) in [7, 11) is 1.40. The van der Waals surface area contributed by atoms with Crippen molar-refractivity contribution >= 4 is 11.7 Å². The zero-order valence-corrected chi connectivity index (χ0v) is 14.3. The van der Waals surface area contributed by atoms with E-state index in [2.05, 4.69) is 0 Å². The molecule has 25 heavy (non-hydrogen) atoms. The number of methoxy groups -OCH3 is 1. The molecule has 0 amide bonds. The summed E-state index contributed by atoms with van der Waals surface area (Å²) in [5.74, 6) is 0.231. The number of ether oxygens (including phenoxy) is 3. The van der Waals surface area contributed by atoms with Crippen LogP contribution < -0.4 is 14.2 Å². The van der Waals surface area contributed by atoms with Gasteiger partial charge in [0.25, 0.3) is 0 Å². The van der Waals surface area contributed by atoms with Gasteiger partial charge in [0.1, 0.15) is 11.5 Å². The highest BCUT2D eigenvalue weighted by Gasteiger charge is 2.19. The van der Waals surface area contributed by atoms with Crippen LogP contribution in [0.2, 0.25) is 0 Å². The summed E-state index contributed by atoms with van der Waals surface area (Å²) in [6, 6.07) is 9.66. The molecule has 132 valence electrons. The molecule has 7 nitrogen and oxygen atoms in total. The van der Waals surface area contributed by atoms with Crippen LogP contribution in [0.3, 0.4) is 0 Å². The molecular weight excluding hydrogens is 326 g/mol. The minimum Gasteiger partial charge on any atom is -0.496 e. The first-order chi connectivity index (χ1) is 11.9. The average molecular weight is 345 g/mol. The van der Waals surface area contributed by atoms with Gasteiger partial charge < -0.3 is 14.2 Å². The lowest BCUT2D eigenvalue weighted by Gasteiger charge is -2.09. The number of hydrogen-bond acceptors (Lipinski definition) is 6. The molecule has 0 atom stereocenters. The third-order valence-corrected chi connectivity index (χ3v) is 3.64. The third-order valence-electron chi connectivity index (χ3n) is 3.64. The van der Waals surface area contributed by atoms with Gasteiger partial charge in [0.15, 0.2) is 0 Å². The zero-order valence-electron chi connectivity index (χ0n) is 14.3. The Morgan fingerprint density at radius 3 is 2.44 bits per heavy atom. The van der Waals surface area contributed by atoms with E-state index in [1.807, 2.05) is 32.0 Å². The molecule has 0 N–H and O–H groups in total. The van der Waals surface area contributed by atoms with Crippen molar-refractivity contribution in [2.24, 2.45) is 0 Å². The minimum absolute atomic E-state index is 0.0316. The van der Waals surface area contributed by atoms with Crippen molar-refractivity contribution in [3.8, 4) is 17.2 Å². The first kappa shape index (κ1) is 18.3. The van der Waals surface area contributed by atoms with Crippen LogP contribution in [-0.4, -0.2) is 24.6 Å². The summed E-state index contributed by atoms with van der Waals surface area (Å²) in [4.78, 5) is 22.3. The number of benzene rings is 2. The summed E-state index contributed by atoms with van der Waals surface area (Å²) in [5, 5.41) is 11.1. The number of rotatable bonds is 7. The Morgan fingerprint density at radius 1 is 1.08 bits per heavy atom. The molecule has 7 heteroatoms. The van der Waals surface area contributed by atoms with Gasteiger partial charge in [-0.1, -0.05) is 6.07 Å². The molecule has 0 aliphatic heterocycles. The third kappa shape index (κ3) is 4.94. The van der Waals surface area contributed by atoms with Crippen molar-refractivity contribution in [2.75, 3.05) is 13.7 Å². The fraction of sp³-hybridized carbons (Fsp3) is 0.278. The molecule has 2 aromatic rings. The SMILES string of the molecule is COc1ccc(OC(=O)CCOc2ccc(C)c(C)c2)c([N+](=O)[O-])c1. The van der Waals surface area contributed by atoms with E-state index in [0.717, 1.165) is 11.1 Å². The highest BCUT2D eigenvalue weighted by Crippen LogP contribution is 2.31. The molecule has 0 unspecified atom stereocenters. The van der Waals surface area contributed by atoms with Crippen molar-refractivity contribution in [2.45, 2.75) is 20.3 Å². The lowest BCUT2D eigenvalue weighted by Crippen LogP contribution is -2.13. The van der Waals surface area contributed by atoms with Crippen LogP contribution in [0.1, 0.15) is 17.5 Å². The van der Waals surface area contributed by atoms with Gasteiger partial charge in [0, 0.05) is 0 Å². The Hall–Kier alpha value is -3.09. The van der Waals surface area contributed by atoms with Gasteiger partial charge >= 0.3 is 11.7 Å². The number of carbonyl (C=O) groups excluding carboxylic acids is 1. The Labute approximate surface area is 145 Å². The lowest BCUT2D eigenvalue weighted by molar-refractivity contribution is -0.385. The number of hydrogen-bond donors (Lipinski definition) is 0. The van der Waals surface area contributed by atoms with Crippen molar-refractivity contribution in [1.82, 2.24) is 0 Å². The van der Waals surface area contributed by atoms with Crippen molar-refractivity contribution in [3.05, 3.63) is 57.6 Å². The normalized spacial score (nSPS) is 10.2. The number of nitro benzene ring substituents is 1. The molecule has 0 aromatic heterocycles. The Kier molecular flexibility index (Phi) is 5.94. The molecule has 0 saturated heterocycles.